The number of rotatable bonds is 6. The highest BCUT2D eigenvalue weighted by Crippen LogP contribution is 2.31. The third kappa shape index (κ3) is 3.55. The first-order valence-corrected chi connectivity index (χ1v) is 7.69. The summed E-state index contributed by atoms with van der Waals surface area (Å²) in [5.74, 6) is 0.247. The van der Waals surface area contributed by atoms with Crippen molar-refractivity contribution in [2.24, 2.45) is 5.73 Å². The standard InChI is InChI=1S/C16H20N2O2S/c1-4-12-6-8-15(21-12)10(2)18-13-9-11(16(17)19)5-7-14(13)20-3/h5-10,18H,4H2,1-3H3,(H2,17,19). The summed E-state index contributed by atoms with van der Waals surface area (Å²) in [6, 6.07) is 9.55. The maximum absolute atomic E-state index is 11.3. The topological polar surface area (TPSA) is 64.3 Å². The van der Waals surface area contributed by atoms with Crippen molar-refractivity contribution in [2.45, 2.75) is 26.3 Å². The van der Waals surface area contributed by atoms with E-state index in [4.69, 9.17) is 10.5 Å². The second-order valence-corrected chi connectivity index (χ2v) is 6.00. The summed E-state index contributed by atoms with van der Waals surface area (Å²) in [5, 5.41) is 3.39. The van der Waals surface area contributed by atoms with Gasteiger partial charge in [-0.1, -0.05) is 6.92 Å². The van der Waals surface area contributed by atoms with Crippen LogP contribution >= 0.6 is 11.3 Å². The van der Waals surface area contributed by atoms with E-state index in [0.717, 1.165) is 12.1 Å². The van der Waals surface area contributed by atoms with Gasteiger partial charge in [-0.3, -0.25) is 4.79 Å². The van der Waals surface area contributed by atoms with Gasteiger partial charge in [0.2, 0.25) is 5.91 Å². The predicted octanol–water partition coefficient (Wildman–Crippen LogP) is 3.59. The molecule has 21 heavy (non-hydrogen) atoms. The lowest BCUT2D eigenvalue weighted by Crippen LogP contribution is -2.12. The molecule has 1 aromatic carbocycles. The summed E-state index contributed by atoms with van der Waals surface area (Å²) in [7, 11) is 1.61. The van der Waals surface area contributed by atoms with Gasteiger partial charge in [0, 0.05) is 15.3 Å². The largest absolute Gasteiger partial charge is 0.495 e. The van der Waals surface area contributed by atoms with E-state index >= 15 is 0 Å². The maximum atomic E-state index is 11.3. The third-order valence-corrected chi connectivity index (χ3v) is 4.73. The monoisotopic (exact) mass is 304 g/mol. The van der Waals surface area contributed by atoms with Crippen LogP contribution in [0, 0.1) is 0 Å². The highest BCUT2D eigenvalue weighted by atomic mass is 32.1. The molecule has 0 fully saturated rings. The fourth-order valence-corrected chi connectivity index (χ4v) is 3.05. The van der Waals surface area contributed by atoms with Crippen LogP contribution in [0.15, 0.2) is 30.3 Å². The first kappa shape index (κ1) is 15.4. The molecule has 0 aliphatic heterocycles. The minimum atomic E-state index is -0.447. The molecule has 4 nitrogen and oxygen atoms in total. The van der Waals surface area contributed by atoms with Gasteiger partial charge >= 0.3 is 0 Å². The van der Waals surface area contributed by atoms with Crippen molar-refractivity contribution in [1.29, 1.82) is 0 Å². The molecule has 1 heterocycles. The summed E-state index contributed by atoms with van der Waals surface area (Å²) >= 11 is 1.79. The van der Waals surface area contributed by atoms with Gasteiger partial charge in [0.1, 0.15) is 5.75 Å². The smallest absolute Gasteiger partial charge is 0.248 e. The van der Waals surface area contributed by atoms with Crippen molar-refractivity contribution < 1.29 is 9.53 Å². The Bertz CT molecular complexity index is 637. The van der Waals surface area contributed by atoms with E-state index in [1.54, 1.807) is 36.6 Å². The molecule has 0 bridgehead atoms. The van der Waals surface area contributed by atoms with Crippen molar-refractivity contribution in [3.63, 3.8) is 0 Å². The molecule has 0 saturated carbocycles. The van der Waals surface area contributed by atoms with Crippen LogP contribution < -0.4 is 15.8 Å². The molecule has 1 aromatic heterocycles. The van der Waals surface area contributed by atoms with Crippen molar-refractivity contribution in [1.82, 2.24) is 0 Å². The lowest BCUT2D eigenvalue weighted by Gasteiger charge is -2.17. The molecule has 1 amide bonds. The number of anilines is 1. The molecule has 0 aliphatic carbocycles. The summed E-state index contributed by atoms with van der Waals surface area (Å²) in [6.07, 6.45) is 1.04. The molecule has 1 atom stereocenters. The third-order valence-electron chi connectivity index (χ3n) is 3.31. The van der Waals surface area contributed by atoms with E-state index in [9.17, 15) is 4.79 Å². The molecule has 2 aromatic rings. The second-order valence-electron chi connectivity index (χ2n) is 4.80. The second kappa shape index (κ2) is 6.63. The average molecular weight is 304 g/mol. The molecule has 0 saturated heterocycles. The Morgan fingerprint density at radius 3 is 2.71 bits per heavy atom. The minimum Gasteiger partial charge on any atom is -0.495 e. The van der Waals surface area contributed by atoms with Crippen molar-refractivity contribution in [2.75, 3.05) is 12.4 Å². The molecule has 112 valence electrons. The number of methoxy groups -OCH3 is 1. The van der Waals surface area contributed by atoms with Crippen molar-refractivity contribution in [3.8, 4) is 5.75 Å². The zero-order chi connectivity index (χ0) is 15.4. The van der Waals surface area contributed by atoms with Gasteiger partial charge in [-0.2, -0.15) is 0 Å². The van der Waals surface area contributed by atoms with Gasteiger partial charge in [-0.25, -0.2) is 0 Å². The Labute approximate surface area is 128 Å². The van der Waals surface area contributed by atoms with Gasteiger partial charge in [-0.05, 0) is 43.7 Å². The number of nitrogens with one attached hydrogen (secondary N) is 1. The van der Waals surface area contributed by atoms with Crippen LogP contribution in [0.2, 0.25) is 0 Å². The number of nitrogens with two attached hydrogens (primary N) is 1. The van der Waals surface area contributed by atoms with E-state index < -0.39 is 5.91 Å². The Morgan fingerprint density at radius 1 is 1.38 bits per heavy atom. The summed E-state index contributed by atoms with van der Waals surface area (Å²) in [6.45, 7) is 4.23. The Balaban J connectivity index is 2.24. The quantitative estimate of drug-likeness (QED) is 0.857. The zero-order valence-electron chi connectivity index (χ0n) is 12.5. The van der Waals surface area contributed by atoms with E-state index in [0.29, 0.717) is 11.3 Å². The number of amides is 1. The molecule has 1 unspecified atom stereocenters. The van der Waals surface area contributed by atoms with Gasteiger partial charge in [0.05, 0.1) is 18.8 Å². The predicted molar refractivity (Wildman–Crippen MR) is 87.2 cm³/mol. The first-order chi connectivity index (χ1) is 10.0. The normalized spacial score (nSPS) is 12.0. The van der Waals surface area contributed by atoms with Gasteiger partial charge in [-0.15, -0.1) is 11.3 Å². The number of primary amides is 1. The maximum Gasteiger partial charge on any atom is 0.248 e. The molecule has 0 radical (unpaired) electrons. The fourth-order valence-electron chi connectivity index (χ4n) is 2.10. The summed E-state index contributed by atoms with van der Waals surface area (Å²) < 4.78 is 5.33. The highest BCUT2D eigenvalue weighted by Gasteiger charge is 2.13. The van der Waals surface area contributed by atoms with Gasteiger partial charge in [0.15, 0.2) is 0 Å². The van der Waals surface area contributed by atoms with E-state index in [1.165, 1.54) is 9.75 Å². The number of carbonyl (C=O) groups excluding carboxylic acids is 1. The number of carbonyl (C=O) groups is 1. The minimum absolute atomic E-state index is 0.132. The highest BCUT2D eigenvalue weighted by molar-refractivity contribution is 7.12. The van der Waals surface area contributed by atoms with E-state index in [2.05, 4.69) is 31.3 Å². The number of hydrogen-bond acceptors (Lipinski definition) is 4. The Kier molecular flexibility index (Phi) is 4.85. The van der Waals surface area contributed by atoms with Gasteiger partial charge < -0.3 is 15.8 Å². The number of benzene rings is 1. The number of thiophene rings is 1. The van der Waals surface area contributed by atoms with E-state index in [-0.39, 0.29) is 6.04 Å². The van der Waals surface area contributed by atoms with Gasteiger partial charge in [0.25, 0.3) is 0 Å². The van der Waals surface area contributed by atoms with Crippen LogP contribution in [-0.2, 0) is 6.42 Å². The zero-order valence-corrected chi connectivity index (χ0v) is 13.3. The molecule has 3 N–H and O–H groups in total. The molecule has 0 aliphatic rings. The first-order valence-electron chi connectivity index (χ1n) is 6.88. The lowest BCUT2D eigenvalue weighted by atomic mass is 10.1. The molecular formula is C16H20N2O2S. The summed E-state index contributed by atoms with van der Waals surface area (Å²) in [4.78, 5) is 13.9. The molecule has 5 heteroatoms. The fraction of sp³-hybridized carbons (Fsp3) is 0.312. The lowest BCUT2D eigenvalue weighted by molar-refractivity contribution is 0.100. The number of hydrogen-bond donors (Lipinski definition) is 2. The van der Waals surface area contributed by atoms with Crippen LogP contribution in [0.5, 0.6) is 5.75 Å². The number of aryl methyl sites for hydroxylation is 1. The van der Waals surface area contributed by atoms with Crippen LogP contribution in [0.3, 0.4) is 0 Å². The van der Waals surface area contributed by atoms with E-state index in [1.807, 2.05) is 0 Å². The van der Waals surface area contributed by atoms with Crippen molar-refractivity contribution >= 4 is 22.9 Å². The Hall–Kier alpha value is -2.01. The molecular weight excluding hydrogens is 284 g/mol. The summed E-state index contributed by atoms with van der Waals surface area (Å²) in [5.41, 5.74) is 6.57. The Morgan fingerprint density at radius 2 is 2.14 bits per heavy atom. The van der Waals surface area contributed by atoms with Crippen LogP contribution in [0.1, 0.15) is 40.0 Å². The van der Waals surface area contributed by atoms with Crippen LogP contribution in [0.4, 0.5) is 5.69 Å². The molecule has 2 rings (SSSR count). The number of ether oxygens (including phenoxy) is 1. The van der Waals surface area contributed by atoms with Crippen LogP contribution in [0.25, 0.3) is 0 Å². The van der Waals surface area contributed by atoms with Crippen LogP contribution in [-0.4, -0.2) is 13.0 Å². The van der Waals surface area contributed by atoms with Crippen molar-refractivity contribution in [3.05, 3.63) is 45.6 Å². The molecule has 0 spiro atoms. The average Bonchev–Trinajstić information content (AvgIpc) is 2.96. The SMILES string of the molecule is CCc1ccc(C(C)Nc2cc(C(N)=O)ccc2OC)s1.